The maximum absolute atomic E-state index is 12.2. The summed E-state index contributed by atoms with van der Waals surface area (Å²) >= 11 is -0.949. The van der Waals surface area contributed by atoms with Crippen molar-refractivity contribution in [3.63, 3.8) is 0 Å². The number of hydrogen-bond donors (Lipinski definition) is 0. The number of imide groups is 2. The Balaban J connectivity index is 1.92. The molecule has 0 spiro atoms. The number of carbonyl (C=O) groups excluding carboxylic acids is 3. The molecular formula is C18H15IN2O3. The van der Waals surface area contributed by atoms with E-state index in [2.05, 4.69) is 0 Å². The molecule has 0 aromatic heterocycles. The van der Waals surface area contributed by atoms with Gasteiger partial charge in [-0.25, -0.2) is 4.79 Å². The molecule has 0 aliphatic carbocycles. The molecule has 2 aromatic rings. The Kier molecular flexibility index (Phi) is 4.57. The highest BCUT2D eigenvalue weighted by Crippen LogP contribution is 2.23. The van der Waals surface area contributed by atoms with E-state index in [1.165, 1.54) is 14.1 Å². The minimum absolute atomic E-state index is 0.214. The number of nitrogens with zero attached hydrogens (tertiary/aromatic N) is 2. The molecule has 6 heteroatoms. The van der Waals surface area contributed by atoms with Crippen molar-refractivity contribution in [1.82, 2.24) is 9.80 Å². The Morgan fingerprint density at radius 3 is 1.75 bits per heavy atom. The average Bonchev–Trinajstić information content (AvgIpc) is 2.63. The summed E-state index contributed by atoms with van der Waals surface area (Å²) in [6.07, 6.45) is 0. The molecule has 1 aliphatic rings. The van der Waals surface area contributed by atoms with Crippen LogP contribution in [-0.4, -0.2) is 45.2 Å². The standard InChI is InChI=1S/C18H15IN2O3/c1-20-16(22)15(17(23)21(2)18(20)24)19-14-10-8-13(9-11-14)12-6-4-3-5-7-12/h3-11H,1-2H3. The number of barbiturate groups is 1. The highest BCUT2D eigenvalue weighted by Gasteiger charge is 2.38. The van der Waals surface area contributed by atoms with Gasteiger partial charge in [0.2, 0.25) is 0 Å². The second-order valence-corrected chi connectivity index (χ2v) is 8.16. The van der Waals surface area contributed by atoms with Crippen LogP contribution in [0.25, 0.3) is 11.1 Å². The fourth-order valence-corrected chi connectivity index (χ4v) is 4.84. The van der Waals surface area contributed by atoms with Crippen molar-refractivity contribution in [3.05, 3.63) is 58.2 Å². The fourth-order valence-electron chi connectivity index (χ4n) is 2.31. The lowest BCUT2D eigenvalue weighted by molar-refractivity contribution is -0.128. The van der Waals surface area contributed by atoms with Gasteiger partial charge in [0.25, 0.3) is 11.8 Å². The Hall–Kier alpha value is -2.35. The van der Waals surface area contributed by atoms with Crippen molar-refractivity contribution in [2.24, 2.45) is 0 Å². The molecule has 5 nitrogen and oxygen atoms in total. The molecule has 4 amide bonds. The molecule has 2 aromatic carbocycles. The number of halogens is 1. The molecule has 0 bridgehead atoms. The van der Waals surface area contributed by atoms with Crippen LogP contribution in [0, 0.1) is 3.57 Å². The van der Waals surface area contributed by atoms with Crippen molar-refractivity contribution in [2.75, 3.05) is 14.1 Å². The maximum Gasteiger partial charge on any atom is 0.333 e. The monoisotopic (exact) mass is 434 g/mol. The second-order valence-electron chi connectivity index (χ2n) is 5.29. The van der Waals surface area contributed by atoms with Gasteiger partial charge in [0, 0.05) is 17.7 Å². The molecule has 1 aliphatic heterocycles. The average molecular weight is 434 g/mol. The minimum Gasteiger partial charge on any atom is -0.268 e. The Labute approximate surface area is 149 Å². The lowest BCUT2D eigenvalue weighted by Gasteiger charge is -2.28. The van der Waals surface area contributed by atoms with Gasteiger partial charge in [-0.3, -0.25) is 19.4 Å². The lowest BCUT2D eigenvalue weighted by Crippen LogP contribution is -2.56. The van der Waals surface area contributed by atoms with Crippen molar-refractivity contribution in [3.8, 4) is 11.1 Å². The topological polar surface area (TPSA) is 57.7 Å². The van der Waals surface area contributed by atoms with Crippen molar-refractivity contribution in [1.29, 1.82) is 0 Å². The zero-order valence-corrected chi connectivity index (χ0v) is 15.4. The van der Waals surface area contributed by atoms with Crippen molar-refractivity contribution < 1.29 is 14.4 Å². The van der Waals surface area contributed by atoms with Gasteiger partial charge < -0.3 is 0 Å². The van der Waals surface area contributed by atoms with E-state index >= 15 is 0 Å². The zero-order valence-electron chi connectivity index (χ0n) is 13.2. The van der Waals surface area contributed by atoms with Gasteiger partial charge in [-0.2, -0.15) is 0 Å². The summed E-state index contributed by atoms with van der Waals surface area (Å²) in [6.45, 7) is 0. The highest BCUT2D eigenvalue weighted by molar-refractivity contribution is 14.2. The smallest absolute Gasteiger partial charge is 0.268 e. The molecule has 1 fully saturated rings. The molecular weight excluding hydrogens is 419 g/mol. The Morgan fingerprint density at radius 1 is 0.708 bits per heavy atom. The van der Waals surface area contributed by atoms with E-state index in [1.54, 1.807) is 0 Å². The van der Waals surface area contributed by atoms with Crippen molar-refractivity contribution in [2.45, 2.75) is 0 Å². The first-order valence-corrected chi connectivity index (χ1v) is 9.42. The van der Waals surface area contributed by atoms with Crippen LogP contribution >= 0.6 is 20.7 Å². The van der Waals surface area contributed by atoms with Gasteiger partial charge in [0.05, 0.1) is 0 Å². The van der Waals surface area contributed by atoms with E-state index in [-0.39, 0.29) is 3.51 Å². The van der Waals surface area contributed by atoms with Gasteiger partial charge in [-0.15, -0.1) is 0 Å². The number of benzene rings is 2. The van der Waals surface area contributed by atoms with Gasteiger partial charge >= 0.3 is 6.03 Å². The summed E-state index contributed by atoms with van der Waals surface area (Å²) in [6, 6.07) is 17.3. The van der Waals surface area contributed by atoms with Crippen LogP contribution in [0.15, 0.2) is 54.6 Å². The predicted molar refractivity (Wildman–Crippen MR) is 101 cm³/mol. The van der Waals surface area contributed by atoms with Crippen LogP contribution in [-0.2, 0) is 9.59 Å². The van der Waals surface area contributed by atoms with Crippen LogP contribution < -0.4 is 0 Å². The fraction of sp³-hybridized carbons (Fsp3) is 0.111. The number of rotatable bonds is 2. The van der Waals surface area contributed by atoms with E-state index in [1.807, 2.05) is 54.6 Å². The largest absolute Gasteiger partial charge is 0.333 e. The third kappa shape index (κ3) is 3.01. The first kappa shape index (κ1) is 16.5. The van der Waals surface area contributed by atoms with E-state index < -0.39 is 38.6 Å². The van der Waals surface area contributed by atoms with Gasteiger partial charge in [0.15, 0.2) is 0 Å². The Bertz CT molecular complexity index is 818. The summed E-state index contributed by atoms with van der Waals surface area (Å²) in [5.74, 6) is -0.967. The quantitative estimate of drug-likeness (QED) is 0.684. The van der Waals surface area contributed by atoms with Gasteiger partial charge in [-0.05, 0) is 23.3 Å². The third-order valence-electron chi connectivity index (χ3n) is 3.71. The second kappa shape index (κ2) is 6.64. The van der Waals surface area contributed by atoms with Crippen LogP contribution in [0.2, 0.25) is 0 Å². The van der Waals surface area contributed by atoms with Crippen molar-refractivity contribution >= 4 is 42.1 Å². The van der Waals surface area contributed by atoms with Gasteiger partial charge in [0.1, 0.15) is 3.51 Å². The molecule has 1 heterocycles. The first-order chi connectivity index (χ1) is 11.5. The first-order valence-electron chi connectivity index (χ1n) is 7.26. The molecule has 0 saturated carbocycles. The number of urea groups is 1. The molecule has 0 unspecified atom stereocenters. The molecule has 1 saturated heterocycles. The molecule has 3 rings (SSSR count). The molecule has 0 radical (unpaired) electrons. The van der Waals surface area contributed by atoms with E-state index in [4.69, 9.17) is 0 Å². The van der Waals surface area contributed by atoms with Crippen LogP contribution in [0.4, 0.5) is 4.79 Å². The number of hydrogen-bond acceptors (Lipinski definition) is 3. The zero-order chi connectivity index (χ0) is 17.3. The van der Waals surface area contributed by atoms with Crippen LogP contribution in [0.1, 0.15) is 0 Å². The molecule has 122 valence electrons. The Morgan fingerprint density at radius 2 is 1.21 bits per heavy atom. The van der Waals surface area contributed by atoms with Crippen LogP contribution in [0.5, 0.6) is 0 Å². The summed E-state index contributed by atoms with van der Waals surface area (Å²) in [7, 11) is 2.80. The molecule has 24 heavy (non-hydrogen) atoms. The predicted octanol–water partition coefficient (Wildman–Crippen LogP) is 2.72. The van der Waals surface area contributed by atoms with E-state index in [9.17, 15) is 14.4 Å². The minimum atomic E-state index is -0.949. The summed E-state index contributed by atoms with van der Waals surface area (Å²) < 4.78 is 1.17. The lowest BCUT2D eigenvalue weighted by atomic mass is 10.1. The molecule has 0 atom stereocenters. The molecule has 0 N–H and O–H groups in total. The van der Waals surface area contributed by atoms with E-state index in [0.29, 0.717) is 0 Å². The normalized spacial score (nSPS) is 15.2. The van der Waals surface area contributed by atoms with Gasteiger partial charge in [-0.1, -0.05) is 63.2 Å². The maximum atomic E-state index is 12.2. The summed E-state index contributed by atoms with van der Waals surface area (Å²) in [4.78, 5) is 38.2. The SMILES string of the molecule is CN1C(=O)C(=Ic2ccc(-c3ccccc3)cc2)C(=O)N(C)C1=O. The summed E-state index contributed by atoms with van der Waals surface area (Å²) in [5.41, 5.74) is 2.20. The number of amides is 4. The highest BCUT2D eigenvalue weighted by atomic mass is 127. The van der Waals surface area contributed by atoms with Crippen LogP contribution in [0.3, 0.4) is 0 Å². The summed E-state index contributed by atoms with van der Waals surface area (Å²) in [5, 5.41) is 0. The van der Waals surface area contributed by atoms with E-state index in [0.717, 1.165) is 24.5 Å². The number of carbonyl (C=O) groups is 3. The third-order valence-corrected chi connectivity index (χ3v) is 6.52.